The van der Waals surface area contributed by atoms with Gasteiger partial charge >= 0.3 is 0 Å². The van der Waals surface area contributed by atoms with E-state index in [0.717, 1.165) is 0 Å². The van der Waals surface area contributed by atoms with E-state index in [0.29, 0.717) is 6.42 Å². The molecule has 0 radical (unpaired) electrons. The van der Waals surface area contributed by atoms with E-state index in [-0.39, 0.29) is 28.1 Å². The molecular weight excluding hydrogens is 251 g/mol. The standard InChI is InChI=1S/C6H9ClN2O3S.ClH/c1-3-4-5(13(10,11)12)6(7)9(2)8-4;/h3H2,1-2H3,(H,10,11,12);1H. The van der Waals surface area contributed by atoms with Crippen LogP contribution in [-0.4, -0.2) is 22.8 Å². The van der Waals surface area contributed by atoms with E-state index >= 15 is 0 Å². The van der Waals surface area contributed by atoms with E-state index in [1.807, 2.05) is 0 Å². The molecule has 5 nitrogen and oxygen atoms in total. The third-order valence-corrected chi connectivity index (χ3v) is 3.09. The van der Waals surface area contributed by atoms with Crippen molar-refractivity contribution in [3.63, 3.8) is 0 Å². The van der Waals surface area contributed by atoms with Crippen LogP contribution in [0.4, 0.5) is 0 Å². The molecule has 8 heteroatoms. The molecule has 0 atom stereocenters. The third-order valence-electron chi connectivity index (χ3n) is 1.60. The average molecular weight is 261 g/mol. The number of aromatic nitrogens is 2. The second-order valence-corrected chi connectivity index (χ2v) is 4.24. The number of aryl methyl sites for hydroxylation is 2. The van der Waals surface area contributed by atoms with Crippen molar-refractivity contribution in [2.75, 3.05) is 0 Å². The Bertz CT molecular complexity index is 427. The maximum absolute atomic E-state index is 10.9. The molecule has 14 heavy (non-hydrogen) atoms. The van der Waals surface area contributed by atoms with Crippen molar-refractivity contribution in [2.24, 2.45) is 7.05 Å². The summed E-state index contributed by atoms with van der Waals surface area (Å²) in [6.45, 7) is 1.73. The Hall–Kier alpha value is -0.300. The quantitative estimate of drug-likeness (QED) is 0.814. The first-order valence-corrected chi connectivity index (χ1v) is 5.38. The zero-order valence-corrected chi connectivity index (χ0v) is 9.95. The number of hydrogen-bond acceptors (Lipinski definition) is 3. The summed E-state index contributed by atoms with van der Waals surface area (Å²) in [5.74, 6) is 0. The Morgan fingerprint density at radius 1 is 1.57 bits per heavy atom. The summed E-state index contributed by atoms with van der Waals surface area (Å²) in [5.41, 5.74) is 0.273. The van der Waals surface area contributed by atoms with Gasteiger partial charge < -0.3 is 0 Å². The van der Waals surface area contributed by atoms with Crippen molar-refractivity contribution in [2.45, 2.75) is 18.2 Å². The van der Waals surface area contributed by atoms with Crippen molar-refractivity contribution in [3.8, 4) is 0 Å². The Morgan fingerprint density at radius 3 is 2.36 bits per heavy atom. The highest BCUT2D eigenvalue weighted by Crippen LogP contribution is 2.24. The van der Waals surface area contributed by atoms with Crippen LogP contribution >= 0.6 is 24.0 Å². The first-order valence-electron chi connectivity index (χ1n) is 3.56. The minimum absolute atomic E-state index is 0. The molecule has 0 aromatic carbocycles. The monoisotopic (exact) mass is 260 g/mol. The molecule has 82 valence electrons. The minimum atomic E-state index is -4.27. The molecular formula is C6H10Cl2N2O3S. The summed E-state index contributed by atoms with van der Waals surface area (Å²) >= 11 is 5.64. The number of rotatable bonds is 2. The molecule has 1 N–H and O–H groups in total. The lowest BCUT2D eigenvalue weighted by atomic mass is 10.3. The Labute approximate surface area is 93.2 Å². The van der Waals surface area contributed by atoms with E-state index in [1.54, 1.807) is 6.92 Å². The SMILES string of the molecule is CCc1nn(C)c(Cl)c1S(=O)(=O)O.Cl. The fraction of sp³-hybridized carbons (Fsp3) is 0.500. The van der Waals surface area contributed by atoms with Crippen molar-refractivity contribution in [3.05, 3.63) is 10.8 Å². The molecule has 0 bridgehead atoms. The molecule has 1 rings (SSSR count). The van der Waals surface area contributed by atoms with Gasteiger partial charge in [-0.3, -0.25) is 9.23 Å². The lowest BCUT2D eigenvalue weighted by molar-refractivity contribution is 0.482. The summed E-state index contributed by atoms with van der Waals surface area (Å²) < 4.78 is 31.8. The molecule has 1 heterocycles. The molecule has 0 saturated carbocycles. The second-order valence-electron chi connectivity index (χ2n) is 2.52. The molecule has 1 aromatic rings. The van der Waals surface area contributed by atoms with Crippen LogP contribution in [0, 0.1) is 0 Å². The van der Waals surface area contributed by atoms with E-state index < -0.39 is 10.1 Å². The highest BCUT2D eigenvalue weighted by Gasteiger charge is 2.23. The van der Waals surface area contributed by atoms with E-state index in [2.05, 4.69) is 5.10 Å². The van der Waals surface area contributed by atoms with Crippen LogP contribution in [0.5, 0.6) is 0 Å². The molecule has 0 unspecified atom stereocenters. The van der Waals surface area contributed by atoms with Crippen LogP contribution in [0.2, 0.25) is 5.15 Å². The van der Waals surface area contributed by atoms with Gasteiger partial charge in [0.05, 0.1) is 5.69 Å². The fourth-order valence-corrected chi connectivity index (χ4v) is 2.29. The Kier molecular flexibility index (Phi) is 4.38. The molecule has 0 aliphatic heterocycles. The van der Waals surface area contributed by atoms with Crippen LogP contribution in [0.15, 0.2) is 4.90 Å². The fourth-order valence-electron chi connectivity index (χ4n) is 1.02. The predicted octanol–water partition coefficient (Wildman–Crippen LogP) is 1.30. The first kappa shape index (κ1) is 13.7. The maximum Gasteiger partial charge on any atom is 0.299 e. The van der Waals surface area contributed by atoms with E-state index in [1.165, 1.54) is 11.7 Å². The summed E-state index contributed by atoms with van der Waals surface area (Å²) in [6.07, 6.45) is 0.398. The van der Waals surface area contributed by atoms with Crippen LogP contribution in [0.1, 0.15) is 12.6 Å². The third kappa shape index (κ3) is 2.38. The minimum Gasteiger partial charge on any atom is -0.282 e. The summed E-state index contributed by atoms with van der Waals surface area (Å²) in [5, 5.41) is 3.77. The smallest absolute Gasteiger partial charge is 0.282 e. The van der Waals surface area contributed by atoms with Gasteiger partial charge in [-0.1, -0.05) is 18.5 Å². The summed E-state index contributed by atoms with van der Waals surface area (Å²) in [4.78, 5) is -0.292. The van der Waals surface area contributed by atoms with Gasteiger partial charge in [-0.05, 0) is 6.42 Å². The second kappa shape index (κ2) is 4.48. The van der Waals surface area contributed by atoms with Gasteiger partial charge in [-0.15, -0.1) is 12.4 Å². The van der Waals surface area contributed by atoms with Crippen LogP contribution in [0.3, 0.4) is 0 Å². The molecule has 0 aliphatic carbocycles. The number of halogens is 2. The summed E-state index contributed by atoms with van der Waals surface area (Å²) in [6, 6.07) is 0. The zero-order valence-electron chi connectivity index (χ0n) is 7.56. The molecule has 1 aromatic heterocycles. The lowest BCUT2D eigenvalue weighted by Crippen LogP contribution is -2.01. The topological polar surface area (TPSA) is 72.2 Å². The number of hydrogen-bond donors (Lipinski definition) is 1. The highest BCUT2D eigenvalue weighted by atomic mass is 35.5. The molecule has 0 saturated heterocycles. The zero-order chi connectivity index (χ0) is 10.2. The predicted molar refractivity (Wildman–Crippen MR) is 54.7 cm³/mol. The number of nitrogens with zero attached hydrogens (tertiary/aromatic N) is 2. The van der Waals surface area contributed by atoms with Gasteiger partial charge in [0, 0.05) is 7.05 Å². The summed E-state index contributed by atoms with van der Waals surface area (Å²) in [7, 11) is -2.76. The van der Waals surface area contributed by atoms with E-state index in [9.17, 15) is 8.42 Å². The molecule has 0 fully saturated rings. The van der Waals surface area contributed by atoms with Gasteiger partial charge in [0.1, 0.15) is 5.15 Å². The van der Waals surface area contributed by atoms with Crippen molar-refractivity contribution in [1.29, 1.82) is 0 Å². The Balaban J connectivity index is 0.00000169. The van der Waals surface area contributed by atoms with Gasteiger partial charge in [0.25, 0.3) is 10.1 Å². The van der Waals surface area contributed by atoms with Crippen LogP contribution < -0.4 is 0 Å². The average Bonchev–Trinajstić information content (AvgIpc) is 2.26. The highest BCUT2D eigenvalue weighted by molar-refractivity contribution is 7.86. The van der Waals surface area contributed by atoms with Crippen molar-refractivity contribution in [1.82, 2.24) is 9.78 Å². The lowest BCUT2D eigenvalue weighted by Gasteiger charge is -1.95. The van der Waals surface area contributed by atoms with Gasteiger partial charge in [-0.2, -0.15) is 13.5 Å². The molecule has 0 spiro atoms. The molecule has 0 amide bonds. The maximum atomic E-state index is 10.9. The van der Waals surface area contributed by atoms with Crippen LogP contribution in [0.25, 0.3) is 0 Å². The normalized spacial score (nSPS) is 11.1. The first-order chi connectivity index (χ1) is 5.88. The molecule has 0 aliphatic rings. The van der Waals surface area contributed by atoms with Crippen molar-refractivity contribution < 1.29 is 13.0 Å². The van der Waals surface area contributed by atoms with Gasteiger partial charge in [0.15, 0.2) is 4.90 Å². The van der Waals surface area contributed by atoms with Crippen LogP contribution in [-0.2, 0) is 23.6 Å². The largest absolute Gasteiger partial charge is 0.299 e. The Morgan fingerprint density at radius 2 is 2.07 bits per heavy atom. The van der Waals surface area contributed by atoms with Gasteiger partial charge in [0.2, 0.25) is 0 Å². The van der Waals surface area contributed by atoms with Crippen molar-refractivity contribution >= 4 is 34.1 Å². The van der Waals surface area contributed by atoms with E-state index in [4.69, 9.17) is 16.2 Å². The van der Waals surface area contributed by atoms with Gasteiger partial charge in [-0.25, -0.2) is 0 Å².